The van der Waals surface area contributed by atoms with Gasteiger partial charge >= 0.3 is 0 Å². The number of nitrogens with two attached hydrogens (primary N) is 1. The summed E-state index contributed by atoms with van der Waals surface area (Å²) < 4.78 is 0. The minimum atomic E-state index is -0.672. The molecule has 0 spiro atoms. The van der Waals surface area contributed by atoms with E-state index in [9.17, 15) is 9.59 Å². The highest BCUT2D eigenvalue weighted by atomic mass is 16.2. The first-order valence-corrected chi connectivity index (χ1v) is 5.56. The Morgan fingerprint density at radius 1 is 1.38 bits per heavy atom. The maximum Gasteiger partial charge on any atom is 0.242 e. The van der Waals surface area contributed by atoms with Crippen LogP contribution in [0.25, 0.3) is 0 Å². The zero-order valence-electron chi connectivity index (χ0n) is 10.8. The lowest BCUT2D eigenvalue weighted by Gasteiger charge is -2.34. The lowest BCUT2D eigenvalue weighted by molar-refractivity contribution is -0.141. The van der Waals surface area contributed by atoms with E-state index in [1.807, 2.05) is 20.8 Å². The highest BCUT2D eigenvalue weighted by Crippen LogP contribution is 2.10. The number of nitrogens with one attached hydrogen (secondary N) is 1. The summed E-state index contributed by atoms with van der Waals surface area (Å²) >= 11 is 0. The van der Waals surface area contributed by atoms with Crippen molar-refractivity contribution in [1.29, 1.82) is 0 Å². The number of likely N-dealkylation sites (N-methyl/N-ethyl adjacent to an activating group) is 1. The standard InChI is InChI=1S/C11H23N3O2/c1-6-13-11(4,5)10(16)14(8(2)3)7-9(12)15/h8,13H,6-7H2,1-5H3,(H2,12,15). The normalized spacial score (nSPS) is 11.6. The summed E-state index contributed by atoms with van der Waals surface area (Å²) in [5, 5.41) is 3.09. The van der Waals surface area contributed by atoms with Crippen molar-refractivity contribution in [3.05, 3.63) is 0 Å². The number of rotatable bonds is 6. The van der Waals surface area contributed by atoms with E-state index in [2.05, 4.69) is 5.32 Å². The molecule has 0 radical (unpaired) electrons. The fraction of sp³-hybridized carbons (Fsp3) is 0.818. The summed E-state index contributed by atoms with van der Waals surface area (Å²) in [5.41, 5.74) is 4.46. The molecule has 0 bridgehead atoms. The molecular weight excluding hydrogens is 206 g/mol. The van der Waals surface area contributed by atoms with Crippen molar-refractivity contribution in [1.82, 2.24) is 10.2 Å². The fourth-order valence-electron chi connectivity index (χ4n) is 1.53. The monoisotopic (exact) mass is 229 g/mol. The van der Waals surface area contributed by atoms with Gasteiger partial charge in [0.25, 0.3) is 0 Å². The van der Waals surface area contributed by atoms with E-state index in [1.165, 1.54) is 4.90 Å². The first-order chi connectivity index (χ1) is 7.22. The number of nitrogens with zero attached hydrogens (tertiary/aromatic N) is 1. The summed E-state index contributed by atoms with van der Waals surface area (Å²) in [5.74, 6) is -0.600. The van der Waals surface area contributed by atoms with E-state index in [1.54, 1.807) is 13.8 Å². The van der Waals surface area contributed by atoms with Crippen LogP contribution in [0.2, 0.25) is 0 Å². The van der Waals surface area contributed by atoms with E-state index in [-0.39, 0.29) is 18.5 Å². The van der Waals surface area contributed by atoms with Crippen molar-refractivity contribution in [2.45, 2.75) is 46.2 Å². The van der Waals surface area contributed by atoms with Gasteiger partial charge in [-0.15, -0.1) is 0 Å². The van der Waals surface area contributed by atoms with Crippen molar-refractivity contribution < 1.29 is 9.59 Å². The highest BCUT2D eigenvalue weighted by molar-refractivity contribution is 5.89. The molecule has 0 aromatic carbocycles. The average Bonchev–Trinajstić information content (AvgIpc) is 2.12. The number of amides is 2. The molecule has 0 saturated carbocycles. The van der Waals surface area contributed by atoms with Gasteiger partial charge in [0.15, 0.2) is 0 Å². The Bertz CT molecular complexity index is 262. The van der Waals surface area contributed by atoms with Crippen LogP contribution in [-0.2, 0) is 9.59 Å². The van der Waals surface area contributed by atoms with Gasteiger partial charge in [-0.1, -0.05) is 6.92 Å². The molecule has 2 amide bonds. The number of hydrogen-bond donors (Lipinski definition) is 2. The van der Waals surface area contributed by atoms with Crippen LogP contribution >= 0.6 is 0 Å². The third-order valence-corrected chi connectivity index (χ3v) is 2.36. The van der Waals surface area contributed by atoms with Crippen LogP contribution in [-0.4, -0.2) is 41.4 Å². The molecule has 0 atom stereocenters. The molecule has 0 heterocycles. The van der Waals surface area contributed by atoms with Crippen molar-refractivity contribution >= 4 is 11.8 Å². The van der Waals surface area contributed by atoms with E-state index in [0.717, 1.165) is 0 Å². The van der Waals surface area contributed by atoms with E-state index in [4.69, 9.17) is 5.73 Å². The minimum absolute atomic E-state index is 0.0364. The van der Waals surface area contributed by atoms with Crippen LogP contribution in [0.3, 0.4) is 0 Å². The minimum Gasteiger partial charge on any atom is -0.368 e. The molecule has 5 heteroatoms. The van der Waals surface area contributed by atoms with Crippen LogP contribution in [0.1, 0.15) is 34.6 Å². The Morgan fingerprint density at radius 2 is 1.88 bits per heavy atom. The zero-order chi connectivity index (χ0) is 12.9. The molecule has 0 unspecified atom stereocenters. The Hall–Kier alpha value is -1.10. The second kappa shape index (κ2) is 5.84. The summed E-state index contributed by atoms with van der Waals surface area (Å²) in [6, 6.07) is -0.0436. The predicted octanol–water partition coefficient (Wildman–Crippen LogP) is 0.0968. The smallest absolute Gasteiger partial charge is 0.242 e. The van der Waals surface area contributed by atoms with Gasteiger partial charge in [-0.3, -0.25) is 9.59 Å². The average molecular weight is 229 g/mol. The molecule has 94 valence electrons. The lowest BCUT2D eigenvalue weighted by atomic mass is 10.0. The summed E-state index contributed by atoms with van der Waals surface area (Å²) in [6.45, 7) is 9.92. The van der Waals surface area contributed by atoms with Gasteiger partial charge in [-0.05, 0) is 34.2 Å². The molecule has 0 saturated heterocycles. The maximum atomic E-state index is 12.2. The van der Waals surface area contributed by atoms with Gasteiger partial charge in [-0.2, -0.15) is 0 Å². The summed E-state index contributed by atoms with van der Waals surface area (Å²) in [7, 11) is 0. The Morgan fingerprint density at radius 3 is 2.19 bits per heavy atom. The van der Waals surface area contributed by atoms with Crippen LogP contribution in [0, 0.1) is 0 Å². The van der Waals surface area contributed by atoms with Crippen LogP contribution in [0.15, 0.2) is 0 Å². The van der Waals surface area contributed by atoms with Crippen LogP contribution in [0.4, 0.5) is 0 Å². The van der Waals surface area contributed by atoms with Gasteiger partial charge < -0.3 is 16.0 Å². The van der Waals surface area contributed by atoms with Gasteiger partial charge in [0.2, 0.25) is 11.8 Å². The second-order valence-electron chi connectivity index (χ2n) is 4.65. The van der Waals surface area contributed by atoms with Crippen molar-refractivity contribution in [2.24, 2.45) is 5.73 Å². The van der Waals surface area contributed by atoms with Crippen molar-refractivity contribution in [3.8, 4) is 0 Å². The topological polar surface area (TPSA) is 75.4 Å². The number of primary amides is 1. The van der Waals surface area contributed by atoms with Crippen molar-refractivity contribution in [2.75, 3.05) is 13.1 Å². The van der Waals surface area contributed by atoms with Crippen molar-refractivity contribution in [3.63, 3.8) is 0 Å². The second-order valence-corrected chi connectivity index (χ2v) is 4.65. The fourth-order valence-corrected chi connectivity index (χ4v) is 1.53. The molecule has 5 nitrogen and oxygen atoms in total. The first-order valence-electron chi connectivity index (χ1n) is 5.56. The van der Waals surface area contributed by atoms with Crippen LogP contribution in [0.5, 0.6) is 0 Å². The van der Waals surface area contributed by atoms with E-state index in [0.29, 0.717) is 6.54 Å². The molecule has 0 aromatic rings. The summed E-state index contributed by atoms with van der Waals surface area (Å²) in [6.07, 6.45) is 0. The number of hydrogen-bond acceptors (Lipinski definition) is 3. The Kier molecular flexibility index (Phi) is 5.44. The maximum absolute atomic E-state index is 12.2. The third kappa shape index (κ3) is 4.18. The molecule has 0 aliphatic rings. The first kappa shape index (κ1) is 14.9. The molecule has 3 N–H and O–H groups in total. The van der Waals surface area contributed by atoms with Crippen LogP contribution < -0.4 is 11.1 Å². The predicted molar refractivity (Wildman–Crippen MR) is 63.8 cm³/mol. The Balaban J connectivity index is 4.80. The molecule has 16 heavy (non-hydrogen) atoms. The lowest BCUT2D eigenvalue weighted by Crippen LogP contribution is -2.57. The molecule has 0 aliphatic heterocycles. The SMILES string of the molecule is CCNC(C)(C)C(=O)N(CC(N)=O)C(C)C. The molecule has 0 aromatic heterocycles. The zero-order valence-corrected chi connectivity index (χ0v) is 10.8. The van der Waals surface area contributed by atoms with Gasteiger partial charge in [0, 0.05) is 6.04 Å². The molecule has 0 rings (SSSR count). The number of carbonyl (C=O) groups excluding carboxylic acids is 2. The Labute approximate surface area is 97.4 Å². The van der Waals surface area contributed by atoms with Gasteiger partial charge in [-0.25, -0.2) is 0 Å². The van der Waals surface area contributed by atoms with Gasteiger partial charge in [0.05, 0.1) is 12.1 Å². The third-order valence-electron chi connectivity index (χ3n) is 2.36. The van der Waals surface area contributed by atoms with E-state index >= 15 is 0 Å². The summed E-state index contributed by atoms with van der Waals surface area (Å²) in [4.78, 5) is 24.6. The van der Waals surface area contributed by atoms with Gasteiger partial charge in [0.1, 0.15) is 0 Å². The number of carbonyl (C=O) groups is 2. The molecule has 0 fully saturated rings. The quantitative estimate of drug-likeness (QED) is 0.678. The molecule has 0 aliphatic carbocycles. The molecular formula is C11H23N3O2. The highest BCUT2D eigenvalue weighted by Gasteiger charge is 2.32. The van der Waals surface area contributed by atoms with E-state index < -0.39 is 11.4 Å². The largest absolute Gasteiger partial charge is 0.368 e.